The Balaban J connectivity index is 1.77. The number of carbonyl (C=O) groups is 1. The lowest BCUT2D eigenvalue weighted by molar-refractivity contribution is 0.0699. The molecule has 2 aromatic heterocycles. The topological polar surface area (TPSA) is 117 Å². The molecular formula is C11H14ClN7O. The smallest absolute Gasteiger partial charge is 0.273 e. The minimum atomic E-state index is -0.191. The maximum Gasteiger partial charge on any atom is 0.273 e. The van der Waals surface area contributed by atoms with Crippen molar-refractivity contribution in [2.45, 2.75) is 18.8 Å². The number of likely N-dealkylation sites (tertiary alicyclic amines) is 1. The lowest BCUT2D eigenvalue weighted by atomic mass is 9.97. The van der Waals surface area contributed by atoms with Crippen LogP contribution in [0.15, 0.2) is 6.33 Å². The van der Waals surface area contributed by atoms with Crippen LogP contribution in [-0.4, -0.2) is 49.3 Å². The highest BCUT2D eigenvalue weighted by Gasteiger charge is 2.29. The number of nitrogens with zero attached hydrogens (tertiary/aromatic N) is 4. The van der Waals surface area contributed by atoms with Gasteiger partial charge in [0.15, 0.2) is 5.82 Å². The first-order chi connectivity index (χ1) is 9.66. The second kappa shape index (κ2) is 5.12. The zero-order chi connectivity index (χ0) is 14.1. The number of rotatable bonds is 2. The maximum atomic E-state index is 12.4. The zero-order valence-electron chi connectivity index (χ0n) is 10.6. The monoisotopic (exact) mass is 295 g/mol. The average molecular weight is 296 g/mol. The molecule has 0 aromatic carbocycles. The van der Waals surface area contributed by atoms with Gasteiger partial charge in [-0.05, 0) is 12.8 Å². The molecule has 20 heavy (non-hydrogen) atoms. The van der Waals surface area contributed by atoms with Crippen LogP contribution in [0.5, 0.6) is 0 Å². The molecule has 1 atom stereocenters. The van der Waals surface area contributed by atoms with Crippen LogP contribution in [0, 0.1) is 0 Å². The molecule has 0 saturated carbocycles. The second-order valence-corrected chi connectivity index (χ2v) is 5.14. The van der Waals surface area contributed by atoms with Gasteiger partial charge < -0.3 is 10.6 Å². The molecule has 0 spiro atoms. The van der Waals surface area contributed by atoms with Crippen LogP contribution in [0.4, 0.5) is 5.82 Å². The number of H-pyrrole nitrogens is 2. The number of nitrogens with one attached hydrogen (secondary N) is 2. The molecule has 1 saturated heterocycles. The Morgan fingerprint density at radius 3 is 3.00 bits per heavy atom. The van der Waals surface area contributed by atoms with Gasteiger partial charge in [-0.1, -0.05) is 11.6 Å². The number of carbonyl (C=O) groups excluding carboxylic acids is 1. The van der Waals surface area contributed by atoms with Gasteiger partial charge >= 0.3 is 0 Å². The molecule has 0 aliphatic carbocycles. The van der Waals surface area contributed by atoms with Crippen molar-refractivity contribution in [3.05, 3.63) is 22.9 Å². The highest BCUT2D eigenvalue weighted by Crippen LogP contribution is 2.27. The molecule has 1 amide bonds. The summed E-state index contributed by atoms with van der Waals surface area (Å²) in [5, 5.41) is 13.2. The van der Waals surface area contributed by atoms with E-state index in [4.69, 9.17) is 17.3 Å². The third-order valence-corrected chi connectivity index (χ3v) is 3.86. The van der Waals surface area contributed by atoms with Gasteiger partial charge in [-0.2, -0.15) is 10.2 Å². The number of piperidine rings is 1. The number of hydrogen-bond acceptors (Lipinski definition) is 5. The van der Waals surface area contributed by atoms with Crippen molar-refractivity contribution < 1.29 is 4.79 Å². The Hall–Kier alpha value is -2.09. The van der Waals surface area contributed by atoms with Gasteiger partial charge in [0.2, 0.25) is 0 Å². The van der Waals surface area contributed by atoms with E-state index >= 15 is 0 Å². The third-order valence-electron chi connectivity index (χ3n) is 3.48. The summed E-state index contributed by atoms with van der Waals surface area (Å²) in [6.07, 6.45) is 3.35. The predicted molar refractivity (Wildman–Crippen MR) is 72.3 cm³/mol. The molecule has 8 nitrogen and oxygen atoms in total. The quantitative estimate of drug-likeness (QED) is 0.757. The highest BCUT2D eigenvalue weighted by molar-refractivity contribution is 6.35. The van der Waals surface area contributed by atoms with Crippen LogP contribution in [-0.2, 0) is 0 Å². The van der Waals surface area contributed by atoms with Gasteiger partial charge in [0.05, 0.1) is 0 Å². The summed E-state index contributed by atoms with van der Waals surface area (Å²) in [7, 11) is 0. The molecule has 1 fully saturated rings. The van der Waals surface area contributed by atoms with Crippen LogP contribution in [0.1, 0.15) is 35.1 Å². The molecule has 1 unspecified atom stereocenters. The average Bonchev–Trinajstić information content (AvgIpc) is 3.10. The van der Waals surface area contributed by atoms with Crippen LogP contribution >= 0.6 is 11.6 Å². The van der Waals surface area contributed by atoms with Gasteiger partial charge in [0.25, 0.3) is 5.91 Å². The largest absolute Gasteiger partial charge is 0.381 e. The van der Waals surface area contributed by atoms with Crippen molar-refractivity contribution in [1.29, 1.82) is 0 Å². The highest BCUT2D eigenvalue weighted by atomic mass is 35.5. The number of nitrogens with two attached hydrogens (primary N) is 1. The Labute approximate surface area is 119 Å². The number of aromatic nitrogens is 5. The van der Waals surface area contributed by atoms with E-state index in [0.717, 1.165) is 18.7 Å². The van der Waals surface area contributed by atoms with E-state index in [1.54, 1.807) is 4.90 Å². The molecule has 2 aromatic rings. The third kappa shape index (κ3) is 2.22. The van der Waals surface area contributed by atoms with Crippen LogP contribution < -0.4 is 5.73 Å². The molecule has 9 heteroatoms. The van der Waals surface area contributed by atoms with E-state index in [9.17, 15) is 4.79 Å². The lowest BCUT2D eigenvalue weighted by Crippen LogP contribution is -2.39. The summed E-state index contributed by atoms with van der Waals surface area (Å²) >= 11 is 5.96. The molecule has 1 aliphatic rings. The number of nitrogen functional groups attached to an aromatic ring is 1. The van der Waals surface area contributed by atoms with Gasteiger partial charge in [-0.25, -0.2) is 4.98 Å². The van der Waals surface area contributed by atoms with Crippen molar-refractivity contribution in [3.63, 3.8) is 0 Å². The van der Waals surface area contributed by atoms with Gasteiger partial charge in [-0.3, -0.25) is 15.0 Å². The van der Waals surface area contributed by atoms with Crippen molar-refractivity contribution >= 4 is 23.3 Å². The molecule has 106 valence electrons. The number of anilines is 1. The first-order valence-electron chi connectivity index (χ1n) is 6.30. The van der Waals surface area contributed by atoms with Crippen LogP contribution in [0.25, 0.3) is 0 Å². The Morgan fingerprint density at radius 1 is 1.50 bits per heavy atom. The zero-order valence-corrected chi connectivity index (χ0v) is 11.4. The summed E-state index contributed by atoms with van der Waals surface area (Å²) in [5.74, 6) is 0.911. The van der Waals surface area contributed by atoms with E-state index in [2.05, 4.69) is 25.4 Å². The molecule has 3 heterocycles. The van der Waals surface area contributed by atoms with Gasteiger partial charge in [-0.15, -0.1) is 0 Å². The standard InChI is InChI=1S/C11H14ClN7O/c12-7-8(16-17-9(7)13)11(20)19-3-1-2-6(4-19)10-14-5-15-18-10/h5-6H,1-4H2,(H3,13,16,17)(H,14,15,18). The van der Waals surface area contributed by atoms with E-state index < -0.39 is 0 Å². The fourth-order valence-corrected chi connectivity index (χ4v) is 2.60. The van der Waals surface area contributed by atoms with E-state index in [-0.39, 0.29) is 28.4 Å². The SMILES string of the molecule is Nc1n[nH]c(C(=O)N2CCCC(c3ncn[nH]3)C2)c1Cl. The van der Waals surface area contributed by atoms with E-state index in [1.165, 1.54) is 6.33 Å². The summed E-state index contributed by atoms with van der Waals surface area (Å²) in [5.41, 5.74) is 5.78. The minimum absolute atomic E-state index is 0.138. The van der Waals surface area contributed by atoms with Crippen molar-refractivity contribution in [3.8, 4) is 0 Å². The van der Waals surface area contributed by atoms with Gasteiger partial charge in [0.1, 0.15) is 22.9 Å². The van der Waals surface area contributed by atoms with Crippen LogP contribution in [0.3, 0.4) is 0 Å². The maximum absolute atomic E-state index is 12.4. The Morgan fingerprint density at radius 2 is 2.35 bits per heavy atom. The lowest BCUT2D eigenvalue weighted by Gasteiger charge is -2.31. The number of aromatic amines is 2. The number of hydrogen-bond donors (Lipinski definition) is 3. The Kier molecular flexibility index (Phi) is 3.31. The fourth-order valence-electron chi connectivity index (χ4n) is 2.44. The van der Waals surface area contributed by atoms with E-state index in [1.807, 2.05) is 0 Å². The van der Waals surface area contributed by atoms with Crippen molar-refractivity contribution in [2.75, 3.05) is 18.8 Å². The van der Waals surface area contributed by atoms with Crippen LogP contribution in [0.2, 0.25) is 5.02 Å². The number of amides is 1. The predicted octanol–water partition coefficient (Wildman–Crippen LogP) is 0.783. The fraction of sp³-hybridized carbons (Fsp3) is 0.455. The molecule has 1 aliphatic heterocycles. The second-order valence-electron chi connectivity index (χ2n) is 4.76. The molecular weight excluding hydrogens is 282 g/mol. The molecule has 4 N–H and O–H groups in total. The first-order valence-corrected chi connectivity index (χ1v) is 6.68. The summed E-state index contributed by atoms with van der Waals surface area (Å²) in [6.45, 7) is 1.25. The Bertz CT molecular complexity index is 608. The molecule has 0 radical (unpaired) electrons. The molecule has 3 rings (SSSR count). The van der Waals surface area contributed by atoms with Crippen molar-refractivity contribution in [1.82, 2.24) is 30.3 Å². The summed E-state index contributed by atoms with van der Waals surface area (Å²) in [4.78, 5) is 18.3. The minimum Gasteiger partial charge on any atom is -0.381 e. The number of halogens is 1. The summed E-state index contributed by atoms with van der Waals surface area (Å²) < 4.78 is 0. The normalized spacial score (nSPS) is 19.2. The van der Waals surface area contributed by atoms with Crippen molar-refractivity contribution in [2.24, 2.45) is 0 Å². The molecule has 0 bridgehead atoms. The first kappa shape index (κ1) is 12.9. The van der Waals surface area contributed by atoms with Gasteiger partial charge in [0, 0.05) is 19.0 Å². The van der Waals surface area contributed by atoms with E-state index in [0.29, 0.717) is 13.1 Å². The summed E-state index contributed by atoms with van der Waals surface area (Å²) in [6, 6.07) is 0.